The van der Waals surface area contributed by atoms with E-state index in [1.54, 1.807) is 0 Å². The van der Waals surface area contributed by atoms with Crippen LogP contribution in [0.15, 0.2) is 60.7 Å². The van der Waals surface area contributed by atoms with Crippen LogP contribution in [0.2, 0.25) is 0 Å². The quantitative estimate of drug-likeness (QED) is 0.849. The van der Waals surface area contributed by atoms with Gasteiger partial charge in [0.2, 0.25) is 0 Å². The minimum atomic E-state index is -0.476. The summed E-state index contributed by atoms with van der Waals surface area (Å²) in [4.78, 5) is 0. The number of aliphatic hydroxyl groups excluding tert-OH is 1. The third kappa shape index (κ3) is 5.14. The molecule has 3 rings (SSSR count). The zero-order chi connectivity index (χ0) is 16.6. The number of hydrogen-bond acceptors (Lipinski definition) is 4. The fourth-order valence-electron chi connectivity index (χ4n) is 2.81. The van der Waals surface area contributed by atoms with Crippen LogP contribution in [-0.2, 0) is 27.4 Å². The monoisotopic (exact) mass is 328 g/mol. The summed E-state index contributed by atoms with van der Waals surface area (Å²) in [6, 6.07) is 20.1. The molecule has 0 spiro atoms. The van der Waals surface area contributed by atoms with Crippen LogP contribution >= 0.6 is 0 Å². The van der Waals surface area contributed by atoms with Gasteiger partial charge in [0.1, 0.15) is 6.10 Å². The Morgan fingerprint density at radius 1 is 0.917 bits per heavy atom. The second-order valence-electron chi connectivity index (χ2n) is 6.10. The largest absolute Gasteiger partial charge is 0.391 e. The smallest absolute Gasteiger partial charge is 0.107 e. The van der Waals surface area contributed by atoms with Gasteiger partial charge in [0.25, 0.3) is 0 Å². The number of ether oxygens (including phenoxy) is 3. The third-order valence-electron chi connectivity index (χ3n) is 4.12. The van der Waals surface area contributed by atoms with Crippen molar-refractivity contribution < 1.29 is 19.3 Å². The SMILES string of the molecule is O[C@@H]1CO[C@H](COCc2ccccc2)[C@@H](OCc2ccccc2)C1. The van der Waals surface area contributed by atoms with Crippen molar-refractivity contribution in [1.82, 2.24) is 0 Å². The second kappa shape index (κ2) is 8.94. The highest BCUT2D eigenvalue weighted by Gasteiger charge is 2.31. The molecular formula is C20H24O4. The molecule has 1 heterocycles. The molecule has 0 saturated carbocycles. The third-order valence-corrected chi connectivity index (χ3v) is 4.12. The topological polar surface area (TPSA) is 47.9 Å². The average Bonchev–Trinajstić information content (AvgIpc) is 2.63. The summed E-state index contributed by atoms with van der Waals surface area (Å²) < 4.78 is 17.5. The van der Waals surface area contributed by atoms with Gasteiger partial charge >= 0.3 is 0 Å². The maximum Gasteiger partial charge on any atom is 0.107 e. The van der Waals surface area contributed by atoms with Crippen LogP contribution in [0.4, 0.5) is 0 Å². The fourth-order valence-corrected chi connectivity index (χ4v) is 2.81. The van der Waals surface area contributed by atoms with E-state index in [9.17, 15) is 5.11 Å². The first kappa shape index (κ1) is 17.1. The van der Waals surface area contributed by atoms with E-state index in [2.05, 4.69) is 0 Å². The van der Waals surface area contributed by atoms with Gasteiger partial charge in [-0.05, 0) is 11.1 Å². The molecular weight excluding hydrogens is 304 g/mol. The van der Waals surface area contributed by atoms with Crippen LogP contribution in [0.3, 0.4) is 0 Å². The summed E-state index contributed by atoms with van der Waals surface area (Å²) in [5.41, 5.74) is 2.25. The standard InChI is InChI=1S/C20H24O4/c21-18-11-19(23-13-17-9-5-2-6-10-17)20(24-14-18)15-22-12-16-7-3-1-4-8-16/h1-10,18-21H,11-15H2/t18-,19-,20+/m0/s1. The molecule has 0 radical (unpaired) electrons. The van der Waals surface area contributed by atoms with Gasteiger partial charge in [-0.2, -0.15) is 0 Å². The Bertz CT molecular complexity index is 587. The Balaban J connectivity index is 1.49. The van der Waals surface area contributed by atoms with Crippen molar-refractivity contribution in [3.63, 3.8) is 0 Å². The van der Waals surface area contributed by atoms with Gasteiger partial charge < -0.3 is 19.3 Å². The molecule has 0 amide bonds. The number of benzene rings is 2. The van der Waals surface area contributed by atoms with Crippen molar-refractivity contribution >= 4 is 0 Å². The number of hydrogen-bond donors (Lipinski definition) is 1. The molecule has 1 fully saturated rings. The summed E-state index contributed by atoms with van der Waals surface area (Å²) in [6.45, 7) is 1.86. The highest BCUT2D eigenvalue weighted by Crippen LogP contribution is 2.20. The lowest BCUT2D eigenvalue weighted by Gasteiger charge is -2.34. The molecule has 1 N–H and O–H groups in total. The zero-order valence-electron chi connectivity index (χ0n) is 13.7. The van der Waals surface area contributed by atoms with Crippen LogP contribution in [0, 0.1) is 0 Å². The van der Waals surface area contributed by atoms with E-state index in [4.69, 9.17) is 14.2 Å². The lowest BCUT2D eigenvalue weighted by Crippen LogP contribution is -2.45. The van der Waals surface area contributed by atoms with Crippen LogP contribution in [0.1, 0.15) is 17.5 Å². The minimum Gasteiger partial charge on any atom is -0.391 e. The Kier molecular flexibility index (Phi) is 6.38. The molecule has 1 aliphatic heterocycles. The molecule has 2 aromatic rings. The van der Waals surface area contributed by atoms with Crippen molar-refractivity contribution in [2.45, 2.75) is 37.9 Å². The molecule has 4 heteroatoms. The second-order valence-corrected chi connectivity index (χ2v) is 6.10. The first-order valence-electron chi connectivity index (χ1n) is 8.38. The summed E-state index contributed by atoms with van der Waals surface area (Å²) >= 11 is 0. The number of aliphatic hydroxyl groups is 1. The van der Waals surface area contributed by atoms with E-state index in [0.29, 0.717) is 32.8 Å². The van der Waals surface area contributed by atoms with Crippen molar-refractivity contribution in [2.75, 3.05) is 13.2 Å². The van der Waals surface area contributed by atoms with E-state index < -0.39 is 6.10 Å². The highest BCUT2D eigenvalue weighted by atomic mass is 16.6. The normalized spacial score (nSPS) is 24.0. The van der Waals surface area contributed by atoms with Crippen molar-refractivity contribution in [3.8, 4) is 0 Å². The van der Waals surface area contributed by atoms with Crippen LogP contribution in [0.25, 0.3) is 0 Å². The lowest BCUT2D eigenvalue weighted by molar-refractivity contribution is -0.168. The molecule has 0 aliphatic carbocycles. The van der Waals surface area contributed by atoms with E-state index in [1.165, 1.54) is 0 Å². The summed E-state index contributed by atoms with van der Waals surface area (Å²) in [7, 11) is 0. The van der Waals surface area contributed by atoms with Crippen LogP contribution < -0.4 is 0 Å². The molecule has 4 nitrogen and oxygen atoms in total. The van der Waals surface area contributed by atoms with Crippen LogP contribution in [0.5, 0.6) is 0 Å². The van der Waals surface area contributed by atoms with E-state index in [1.807, 2.05) is 60.7 Å². The Hall–Kier alpha value is -1.72. The zero-order valence-corrected chi connectivity index (χ0v) is 13.7. The van der Waals surface area contributed by atoms with Crippen molar-refractivity contribution in [2.24, 2.45) is 0 Å². The molecule has 0 aromatic heterocycles. The molecule has 0 bridgehead atoms. The van der Waals surface area contributed by atoms with Gasteiger partial charge in [0.05, 0.1) is 38.6 Å². The Morgan fingerprint density at radius 2 is 1.54 bits per heavy atom. The molecule has 3 atom stereocenters. The fraction of sp³-hybridized carbons (Fsp3) is 0.400. The average molecular weight is 328 g/mol. The Labute approximate surface area is 143 Å². The first-order chi connectivity index (χ1) is 11.8. The highest BCUT2D eigenvalue weighted by molar-refractivity contribution is 5.14. The predicted octanol–water partition coefficient (Wildman–Crippen LogP) is 2.94. The van der Waals surface area contributed by atoms with Crippen LogP contribution in [-0.4, -0.2) is 36.6 Å². The molecule has 24 heavy (non-hydrogen) atoms. The lowest BCUT2D eigenvalue weighted by atomic mass is 10.0. The van der Waals surface area contributed by atoms with Gasteiger partial charge in [-0.3, -0.25) is 0 Å². The van der Waals surface area contributed by atoms with Gasteiger partial charge in [0, 0.05) is 6.42 Å². The van der Waals surface area contributed by atoms with Crippen molar-refractivity contribution in [3.05, 3.63) is 71.8 Å². The predicted molar refractivity (Wildman–Crippen MR) is 91.5 cm³/mol. The summed E-state index contributed by atoms with van der Waals surface area (Å²) in [6.07, 6.45) is -0.214. The molecule has 0 unspecified atom stereocenters. The van der Waals surface area contributed by atoms with Gasteiger partial charge in [-0.15, -0.1) is 0 Å². The molecule has 128 valence electrons. The van der Waals surface area contributed by atoms with Gasteiger partial charge in [0.15, 0.2) is 0 Å². The maximum absolute atomic E-state index is 9.85. The first-order valence-corrected chi connectivity index (χ1v) is 8.38. The summed E-state index contributed by atoms with van der Waals surface area (Å²) in [5, 5.41) is 9.85. The minimum absolute atomic E-state index is 0.152. The van der Waals surface area contributed by atoms with Gasteiger partial charge in [-0.25, -0.2) is 0 Å². The molecule has 1 aliphatic rings. The summed E-state index contributed by atoms with van der Waals surface area (Å²) in [5.74, 6) is 0. The van der Waals surface area contributed by atoms with E-state index in [-0.39, 0.29) is 12.2 Å². The van der Waals surface area contributed by atoms with Crippen molar-refractivity contribution in [1.29, 1.82) is 0 Å². The maximum atomic E-state index is 9.85. The number of rotatable bonds is 7. The molecule has 2 aromatic carbocycles. The van der Waals surface area contributed by atoms with Gasteiger partial charge in [-0.1, -0.05) is 60.7 Å². The van der Waals surface area contributed by atoms with E-state index >= 15 is 0 Å². The Morgan fingerprint density at radius 3 is 2.21 bits per heavy atom. The van der Waals surface area contributed by atoms with E-state index in [0.717, 1.165) is 11.1 Å². The molecule has 1 saturated heterocycles.